The number of allylic oxidation sites excluding steroid dienone is 1. The zero-order chi connectivity index (χ0) is 25.9. The second-order valence-electron chi connectivity index (χ2n) is 8.77. The van der Waals surface area contributed by atoms with Gasteiger partial charge >= 0.3 is 0 Å². The molecule has 0 saturated carbocycles. The molecule has 0 aliphatic carbocycles. The molecule has 6 nitrogen and oxygen atoms in total. The van der Waals surface area contributed by atoms with Crippen LogP contribution in [0.4, 0.5) is 5.69 Å². The predicted octanol–water partition coefficient (Wildman–Crippen LogP) is 7.41. The van der Waals surface area contributed by atoms with Crippen molar-refractivity contribution in [3.8, 4) is 22.6 Å². The lowest BCUT2D eigenvalue weighted by atomic mass is 9.98. The molecule has 1 N–H and O–H groups in total. The molecular formula is C31H28N2O4. The van der Waals surface area contributed by atoms with Crippen LogP contribution in [0.2, 0.25) is 0 Å². The average molecular weight is 493 g/mol. The van der Waals surface area contributed by atoms with E-state index in [0.717, 1.165) is 55.7 Å². The standard InChI is InChI=1S/C31H28N2O4/c1-5-36-29-17-30-24(25(18-37-30)21-10-7-9-13-28(21)35-4)16-23(29)19(2)14-31(34)33-27-15-20(3)32-26-12-8-6-11-22(26)27/h6-18H,5H2,1-4H3,(H,32,33,34)/b19-14+. The number of amides is 1. The fourth-order valence-electron chi connectivity index (χ4n) is 4.57. The Morgan fingerprint density at radius 2 is 1.78 bits per heavy atom. The Morgan fingerprint density at radius 1 is 1.00 bits per heavy atom. The van der Waals surface area contributed by atoms with Gasteiger partial charge in [0.1, 0.15) is 17.1 Å². The van der Waals surface area contributed by atoms with Gasteiger partial charge in [0.15, 0.2) is 0 Å². The van der Waals surface area contributed by atoms with Crippen LogP contribution in [-0.2, 0) is 4.79 Å². The Morgan fingerprint density at radius 3 is 2.59 bits per heavy atom. The molecule has 0 fully saturated rings. The summed E-state index contributed by atoms with van der Waals surface area (Å²) in [6, 6.07) is 21.3. The fourth-order valence-corrected chi connectivity index (χ4v) is 4.57. The molecule has 6 heteroatoms. The fraction of sp³-hybridized carbons (Fsp3) is 0.161. The smallest absolute Gasteiger partial charge is 0.248 e. The van der Waals surface area contributed by atoms with Crippen molar-refractivity contribution in [2.75, 3.05) is 19.0 Å². The number of aromatic nitrogens is 1. The lowest BCUT2D eigenvalue weighted by Gasteiger charge is -2.13. The second kappa shape index (κ2) is 10.2. The molecule has 0 unspecified atom stereocenters. The highest BCUT2D eigenvalue weighted by Crippen LogP contribution is 2.40. The van der Waals surface area contributed by atoms with Crippen LogP contribution in [0, 0.1) is 6.92 Å². The van der Waals surface area contributed by atoms with Crippen LogP contribution < -0.4 is 14.8 Å². The van der Waals surface area contributed by atoms with E-state index in [-0.39, 0.29) is 5.91 Å². The summed E-state index contributed by atoms with van der Waals surface area (Å²) in [5, 5.41) is 4.83. The number of fused-ring (bicyclic) bond motifs is 2. The maximum absolute atomic E-state index is 13.1. The molecule has 0 aliphatic rings. The Hall–Kier alpha value is -4.58. The summed E-state index contributed by atoms with van der Waals surface area (Å²) in [5.74, 6) is 1.18. The van der Waals surface area contributed by atoms with Crippen LogP contribution in [0.25, 0.3) is 38.6 Å². The zero-order valence-electron chi connectivity index (χ0n) is 21.3. The molecule has 186 valence electrons. The number of carbonyl (C=O) groups excluding carboxylic acids is 1. The third-order valence-electron chi connectivity index (χ3n) is 6.25. The zero-order valence-corrected chi connectivity index (χ0v) is 21.3. The Bertz CT molecular complexity index is 1650. The van der Waals surface area contributed by atoms with E-state index in [4.69, 9.17) is 13.9 Å². The summed E-state index contributed by atoms with van der Waals surface area (Å²) < 4.78 is 17.4. The summed E-state index contributed by atoms with van der Waals surface area (Å²) in [7, 11) is 1.65. The number of hydrogen-bond donors (Lipinski definition) is 1. The number of nitrogens with one attached hydrogen (secondary N) is 1. The molecule has 0 atom stereocenters. The summed E-state index contributed by atoms with van der Waals surface area (Å²) in [4.78, 5) is 17.7. The highest BCUT2D eigenvalue weighted by Gasteiger charge is 2.17. The number of carbonyl (C=O) groups is 1. The van der Waals surface area contributed by atoms with E-state index in [2.05, 4.69) is 10.3 Å². The number of anilines is 1. The number of para-hydroxylation sites is 2. The normalized spacial score (nSPS) is 11.6. The Labute approximate surface area is 215 Å². The van der Waals surface area contributed by atoms with Crippen molar-refractivity contribution in [2.45, 2.75) is 20.8 Å². The number of benzene rings is 3. The van der Waals surface area contributed by atoms with E-state index in [9.17, 15) is 4.79 Å². The highest BCUT2D eigenvalue weighted by atomic mass is 16.5. The molecule has 5 rings (SSSR count). The topological polar surface area (TPSA) is 73.6 Å². The van der Waals surface area contributed by atoms with E-state index in [1.165, 1.54) is 0 Å². The molecule has 0 spiro atoms. The minimum absolute atomic E-state index is 0.229. The second-order valence-corrected chi connectivity index (χ2v) is 8.77. The number of pyridine rings is 1. The van der Waals surface area contributed by atoms with Gasteiger partial charge in [0.05, 0.1) is 31.2 Å². The van der Waals surface area contributed by atoms with Gasteiger partial charge in [-0.15, -0.1) is 0 Å². The molecule has 2 aromatic heterocycles. The number of hydrogen-bond acceptors (Lipinski definition) is 5. The third kappa shape index (κ3) is 4.78. The molecule has 5 aromatic rings. The lowest BCUT2D eigenvalue weighted by Crippen LogP contribution is -2.10. The number of aryl methyl sites for hydroxylation is 1. The van der Waals surface area contributed by atoms with Gasteiger partial charge < -0.3 is 19.2 Å². The van der Waals surface area contributed by atoms with Gasteiger partial charge in [-0.25, -0.2) is 0 Å². The highest BCUT2D eigenvalue weighted by molar-refractivity contribution is 6.09. The van der Waals surface area contributed by atoms with E-state index < -0.39 is 0 Å². The van der Waals surface area contributed by atoms with Crippen LogP contribution in [0.15, 0.2) is 83.5 Å². The molecule has 2 heterocycles. The molecule has 0 saturated heterocycles. The maximum Gasteiger partial charge on any atom is 0.248 e. The van der Waals surface area contributed by atoms with Gasteiger partial charge in [0.25, 0.3) is 0 Å². The van der Waals surface area contributed by atoms with Crippen molar-refractivity contribution < 1.29 is 18.7 Å². The van der Waals surface area contributed by atoms with Crippen LogP contribution in [0.5, 0.6) is 11.5 Å². The van der Waals surface area contributed by atoms with Gasteiger partial charge in [0.2, 0.25) is 5.91 Å². The van der Waals surface area contributed by atoms with Crippen molar-refractivity contribution in [3.63, 3.8) is 0 Å². The Balaban J connectivity index is 1.55. The van der Waals surface area contributed by atoms with Crippen molar-refractivity contribution >= 4 is 39.0 Å². The van der Waals surface area contributed by atoms with Crippen molar-refractivity contribution in [1.82, 2.24) is 4.98 Å². The molecule has 0 radical (unpaired) electrons. The molecular weight excluding hydrogens is 464 g/mol. The van der Waals surface area contributed by atoms with Gasteiger partial charge in [-0.3, -0.25) is 9.78 Å². The first-order chi connectivity index (χ1) is 18.0. The van der Waals surface area contributed by atoms with Gasteiger partial charge in [-0.05, 0) is 50.6 Å². The first-order valence-corrected chi connectivity index (χ1v) is 12.2. The van der Waals surface area contributed by atoms with Crippen molar-refractivity contribution in [2.24, 2.45) is 0 Å². The van der Waals surface area contributed by atoms with Gasteiger partial charge in [-0.2, -0.15) is 0 Å². The molecule has 1 amide bonds. The summed E-state index contributed by atoms with van der Waals surface area (Å²) >= 11 is 0. The van der Waals surface area contributed by atoms with E-state index in [1.807, 2.05) is 87.5 Å². The summed E-state index contributed by atoms with van der Waals surface area (Å²) in [6.45, 7) is 6.23. The number of furan rings is 1. The third-order valence-corrected chi connectivity index (χ3v) is 6.25. The number of rotatable bonds is 7. The van der Waals surface area contributed by atoms with Crippen molar-refractivity contribution in [3.05, 3.63) is 90.3 Å². The van der Waals surface area contributed by atoms with Crippen LogP contribution in [0.1, 0.15) is 25.1 Å². The van der Waals surface area contributed by atoms with Crippen molar-refractivity contribution in [1.29, 1.82) is 0 Å². The summed E-state index contributed by atoms with van der Waals surface area (Å²) in [5.41, 5.74) is 6.53. The van der Waals surface area contributed by atoms with Crippen LogP contribution in [-0.4, -0.2) is 24.6 Å². The maximum atomic E-state index is 13.1. The predicted molar refractivity (Wildman–Crippen MR) is 148 cm³/mol. The number of nitrogens with zero attached hydrogens (tertiary/aromatic N) is 1. The van der Waals surface area contributed by atoms with E-state index >= 15 is 0 Å². The van der Waals surface area contributed by atoms with Gasteiger partial charge in [-0.1, -0.05) is 36.4 Å². The van der Waals surface area contributed by atoms with Crippen LogP contribution >= 0.6 is 0 Å². The molecule has 0 bridgehead atoms. The van der Waals surface area contributed by atoms with E-state index in [1.54, 1.807) is 19.4 Å². The van der Waals surface area contributed by atoms with Gasteiger partial charge in [0, 0.05) is 45.3 Å². The lowest BCUT2D eigenvalue weighted by molar-refractivity contribution is -0.111. The minimum Gasteiger partial charge on any atom is -0.496 e. The number of ether oxygens (including phenoxy) is 2. The molecule has 37 heavy (non-hydrogen) atoms. The summed E-state index contributed by atoms with van der Waals surface area (Å²) in [6.07, 6.45) is 3.32. The monoisotopic (exact) mass is 492 g/mol. The molecule has 0 aliphatic heterocycles. The molecule has 3 aromatic carbocycles. The number of methoxy groups -OCH3 is 1. The van der Waals surface area contributed by atoms with Crippen LogP contribution in [0.3, 0.4) is 0 Å². The first-order valence-electron chi connectivity index (χ1n) is 12.2. The van der Waals surface area contributed by atoms with E-state index in [0.29, 0.717) is 17.9 Å². The Kier molecular flexibility index (Phi) is 6.64. The largest absolute Gasteiger partial charge is 0.496 e. The quantitative estimate of drug-likeness (QED) is 0.240. The first kappa shape index (κ1) is 24.1. The minimum atomic E-state index is -0.229. The average Bonchev–Trinajstić information content (AvgIpc) is 3.30. The SMILES string of the molecule is CCOc1cc2occ(-c3ccccc3OC)c2cc1/C(C)=C/C(=O)Nc1cc(C)nc2ccccc12.